The summed E-state index contributed by atoms with van der Waals surface area (Å²) in [5.74, 6) is 4.21. The normalized spacial score (nSPS) is 43.0. The first-order valence-corrected chi connectivity index (χ1v) is 7.25. The molecule has 5 atom stereocenters. The van der Waals surface area contributed by atoms with Gasteiger partial charge in [-0.05, 0) is 68.7 Å². The summed E-state index contributed by atoms with van der Waals surface area (Å²) in [5, 5.41) is 3.28. The molecule has 2 bridgehead atoms. The quantitative estimate of drug-likeness (QED) is 0.797. The van der Waals surface area contributed by atoms with E-state index < -0.39 is 12.6 Å². The van der Waals surface area contributed by atoms with Crippen LogP contribution < -0.4 is 5.32 Å². The van der Waals surface area contributed by atoms with Gasteiger partial charge in [0.2, 0.25) is 0 Å². The molecule has 5 unspecified atom stereocenters. The zero-order valence-electron chi connectivity index (χ0n) is 10.8. The molecule has 3 fully saturated rings. The highest BCUT2D eigenvalue weighted by molar-refractivity contribution is 5.15. The Morgan fingerprint density at radius 3 is 2.28 bits per heavy atom. The van der Waals surface area contributed by atoms with E-state index in [1.807, 2.05) is 7.05 Å². The van der Waals surface area contributed by atoms with Gasteiger partial charge in [0.1, 0.15) is 0 Å². The van der Waals surface area contributed by atoms with Gasteiger partial charge in [0.15, 0.2) is 0 Å². The smallest absolute Gasteiger partial charge is 0.317 e. The minimum Gasteiger partial charge on any atom is -0.317 e. The lowest BCUT2D eigenvalue weighted by Gasteiger charge is -2.20. The van der Waals surface area contributed by atoms with Crippen LogP contribution in [0.3, 0.4) is 0 Å². The molecule has 0 aromatic heterocycles. The summed E-state index contributed by atoms with van der Waals surface area (Å²) in [6.45, 7) is 0. The van der Waals surface area contributed by atoms with Crippen molar-refractivity contribution in [2.75, 3.05) is 7.05 Å². The molecule has 4 heteroatoms. The highest BCUT2D eigenvalue weighted by Crippen LogP contribution is 2.70. The molecule has 104 valence electrons. The van der Waals surface area contributed by atoms with Crippen LogP contribution in [0.25, 0.3) is 0 Å². The molecule has 0 saturated heterocycles. The monoisotopic (exact) mass is 261 g/mol. The third-order valence-corrected chi connectivity index (χ3v) is 5.61. The van der Waals surface area contributed by atoms with E-state index in [1.54, 1.807) is 0 Å². The Bertz CT molecular complexity index is 299. The molecule has 1 nitrogen and oxygen atoms in total. The van der Waals surface area contributed by atoms with Crippen molar-refractivity contribution in [2.45, 2.75) is 50.7 Å². The molecule has 3 saturated carbocycles. The number of hydrogen-bond donors (Lipinski definition) is 1. The standard InChI is InChI=1S/C14H22F3N/c1-18-10(3-2-6-14(15,16)17)13-11-8-4-5-9(7-8)12(11)13/h8-13,18H,2-7H2,1H3. The van der Waals surface area contributed by atoms with Gasteiger partial charge in [-0.1, -0.05) is 0 Å². The number of halogens is 3. The molecular weight excluding hydrogens is 239 g/mol. The molecule has 3 aliphatic carbocycles. The Kier molecular flexibility index (Phi) is 3.12. The lowest BCUT2D eigenvalue weighted by molar-refractivity contribution is -0.135. The van der Waals surface area contributed by atoms with Gasteiger partial charge in [-0.15, -0.1) is 0 Å². The topological polar surface area (TPSA) is 12.0 Å². The van der Waals surface area contributed by atoms with Gasteiger partial charge in [0.25, 0.3) is 0 Å². The molecule has 0 radical (unpaired) electrons. The van der Waals surface area contributed by atoms with E-state index in [4.69, 9.17) is 0 Å². The Labute approximate surface area is 107 Å². The number of rotatable bonds is 5. The molecule has 0 aromatic rings. The fourth-order valence-electron chi connectivity index (χ4n) is 4.98. The first-order chi connectivity index (χ1) is 8.51. The molecule has 3 aliphatic rings. The molecule has 18 heavy (non-hydrogen) atoms. The number of fused-ring (bicyclic) bond motifs is 5. The Morgan fingerprint density at radius 1 is 1.17 bits per heavy atom. The summed E-state index contributed by atoms with van der Waals surface area (Å²) in [4.78, 5) is 0. The SMILES string of the molecule is CNC(CCCC(F)(F)F)C1C2C3CCC(C3)C21. The van der Waals surface area contributed by atoms with Crippen LogP contribution in [0.1, 0.15) is 38.5 Å². The van der Waals surface area contributed by atoms with Crippen molar-refractivity contribution in [3.63, 3.8) is 0 Å². The highest BCUT2D eigenvalue weighted by Gasteiger charge is 2.66. The van der Waals surface area contributed by atoms with Gasteiger partial charge in [-0.3, -0.25) is 0 Å². The van der Waals surface area contributed by atoms with Crippen LogP contribution in [0.5, 0.6) is 0 Å². The van der Waals surface area contributed by atoms with E-state index in [0.717, 1.165) is 23.7 Å². The van der Waals surface area contributed by atoms with Gasteiger partial charge in [0.05, 0.1) is 0 Å². The van der Waals surface area contributed by atoms with E-state index in [9.17, 15) is 13.2 Å². The molecule has 1 N–H and O–H groups in total. The average molecular weight is 261 g/mol. The number of alkyl halides is 3. The maximum Gasteiger partial charge on any atom is 0.389 e. The molecule has 0 heterocycles. The fourth-order valence-corrected chi connectivity index (χ4v) is 4.98. The van der Waals surface area contributed by atoms with Crippen LogP contribution in [0.2, 0.25) is 0 Å². The van der Waals surface area contributed by atoms with Crippen molar-refractivity contribution in [2.24, 2.45) is 29.6 Å². The van der Waals surface area contributed by atoms with E-state index in [0.29, 0.717) is 18.4 Å². The fraction of sp³-hybridized carbons (Fsp3) is 1.00. The van der Waals surface area contributed by atoms with E-state index in [-0.39, 0.29) is 6.42 Å². The maximum atomic E-state index is 12.2. The Morgan fingerprint density at radius 2 is 1.78 bits per heavy atom. The summed E-state index contributed by atoms with van der Waals surface area (Å²) >= 11 is 0. The Balaban J connectivity index is 1.49. The van der Waals surface area contributed by atoms with E-state index in [2.05, 4.69) is 5.32 Å². The van der Waals surface area contributed by atoms with Gasteiger partial charge in [-0.2, -0.15) is 13.2 Å². The highest BCUT2D eigenvalue weighted by atomic mass is 19.4. The predicted octanol–water partition coefficient (Wildman–Crippen LogP) is 3.60. The van der Waals surface area contributed by atoms with Crippen molar-refractivity contribution in [1.82, 2.24) is 5.32 Å². The first kappa shape index (κ1) is 12.8. The third kappa shape index (κ3) is 2.17. The summed E-state index contributed by atoms with van der Waals surface area (Å²) in [6.07, 6.45) is 0.512. The van der Waals surface area contributed by atoms with Gasteiger partial charge >= 0.3 is 6.18 Å². The zero-order valence-corrected chi connectivity index (χ0v) is 10.8. The van der Waals surface area contributed by atoms with Crippen molar-refractivity contribution >= 4 is 0 Å². The van der Waals surface area contributed by atoms with Crippen LogP contribution in [0.15, 0.2) is 0 Å². The van der Waals surface area contributed by atoms with Crippen LogP contribution in [-0.4, -0.2) is 19.3 Å². The zero-order chi connectivity index (χ0) is 12.9. The van der Waals surface area contributed by atoms with Crippen LogP contribution in [0.4, 0.5) is 13.2 Å². The van der Waals surface area contributed by atoms with Crippen molar-refractivity contribution in [3.05, 3.63) is 0 Å². The maximum absolute atomic E-state index is 12.2. The Hall–Kier alpha value is -0.250. The second kappa shape index (κ2) is 4.39. The van der Waals surface area contributed by atoms with Crippen LogP contribution in [-0.2, 0) is 0 Å². The number of hydrogen-bond acceptors (Lipinski definition) is 1. The third-order valence-electron chi connectivity index (χ3n) is 5.61. The van der Waals surface area contributed by atoms with Crippen molar-refractivity contribution < 1.29 is 13.2 Å². The summed E-state index contributed by atoms with van der Waals surface area (Å²) in [7, 11) is 1.91. The second-order valence-electron chi connectivity index (χ2n) is 6.47. The van der Waals surface area contributed by atoms with Crippen LogP contribution in [0, 0.1) is 29.6 Å². The number of nitrogens with one attached hydrogen (secondary N) is 1. The molecule has 0 aliphatic heterocycles. The summed E-state index contributed by atoms with van der Waals surface area (Å²) < 4.78 is 36.5. The van der Waals surface area contributed by atoms with Crippen molar-refractivity contribution in [3.8, 4) is 0 Å². The minimum atomic E-state index is -3.99. The lowest BCUT2D eigenvalue weighted by atomic mass is 9.94. The molecule has 0 amide bonds. The average Bonchev–Trinajstić information content (AvgIpc) is 2.72. The lowest BCUT2D eigenvalue weighted by Crippen LogP contribution is -2.30. The molecule has 0 spiro atoms. The van der Waals surface area contributed by atoms with Gasteiger partial charge in [-0.25, -0.2) is 0 Å². The molecular formula is C14H22F3N. The molecule has 3 rings (SSSR count). The van der Waals surface area contributed by atoms with E-state index in [1.165, 1.54) is 19.3 Å². The summed E-state index contributed by atoms with van der Waals surface area (Å²) in [5.41, 5.74) is 0. The minimum absolute atomic E-state index is 0.278. The predicted molar refractivity (Wildman–Crippen MR) is 64.1 cm³/mol. The second-order valence-corrected chi connectivity index (χ2v) is 6.47. The van der Waals surface area contributed by atoms with Crippen molar-refractivity contribution in [1.29, 1.82) is 0 Å². The van der Waals surface area contributed by atoms with Crippen LogP contribution >= 0.6 is 0 Å². The van der Waals surface area contributed by atoms with E-state index >= 15 is 0 Å². The first-order valence-electron chi connectivity index (χ1n) is 7.25. The largest absolute Gasteiger partial charge is 0.389 e. The molecule has 0 aromatic carbocycles. The van der Waals surface area contributed by atoms with Gasteiger partial charge in [0, 0.05) is 12.5 Å². The van der Waals surface area contributed by atoms with Gasteiger partial charge < -0.3 is 5.32 Å². The summed E-state index contributed by atoms with van der Waals surface area (Å²) in [6, 6.07) is 0.325.